The Morgan fingerprint density at radius 2 is 2.16 bits per heavy atom. The van der Waals surface area contributed by atoms with Gasteiger partial charge >= 0.3 is 0 Å². The van der Waals surface area contributed by atoms with Crippen LogP contribution in [0.15, 0.2) is 60.1 Å². The number of non-ortho nitro benzene ring substituents is 1. The number of hydrogen-bond donors (Lipinski definition) is 0. The monoisotopic (exact) mass is 353 g/mol. The molecule has 3 aromatic rings. The van der Waals surface area contributed by atoms with Gasteiger partial charge in [0.15, 0.2) is 4.80 Å². The Morgan fingerprint density at radius 1 is 1.36 bits per heavy atom. The highest BCUT2D eigenvalue weighted by Gasteiger charge is 2.12. The van der Waals surface area contributed by atoms with Crippen LogP contribution in [0.4, 0.5) is 5.69 Å². The van der Waals surface area contributed by atoms with Crippen LogP contribution < -0.4 is 4.80 Å². The number of nitro groups is 1. The van der Waals surface area contributed by atoms with E-state index >= 15 is 0 Å². The zero-order valence-electron chi connectivity index (χ0n) is 13.5. The summed E-state index contributed by atoms with van der Waals surface area (Å²) in [7, 11) is 0. The van der Waals surface area contributed by atoms with Crippen LogP contribution in [0.25, 0.3) is 10.2 Å². The molecule has 3 rings (SSSR count). The maximum Gasteiger partial charge on any atom is 0.279 e. The highest BCUT2D eigenvalue weighted by atomic mass is 32.1. The van der Waals surface area contributed by atoms with Crippen molar-refractivity contribution in [2.24, 2.45) is 4.99 Å². The molecule has 6 nitrogen and oxygen atoms in total. The van der Waals surface area contributed by atoms with E-state index in [0.717, 1.165) is 15.8 Å². The SMILES string of the molecule is C=CCn1c(=NC(=O)c2cccc([N+](=O)[O-])c2)sc2cc(C)ccc21. The molecule has 1 aromatic heterocycles. The first-order chi connectivity index (χ1) is 12.0. The molecule has 1 amide bonds. The van der Waals surface area contributed by atoms with Crippen molar-refractivity contribution < 1.29 is 9.72 Å². The third-order valence-electron chi connectivity index (χ3n) is 3.65. The molecule has 0 saturated carbocycles. The molecule has 25 heavy (non-hydrogen) atoms. The highest BCUT2D eigenvalue weighted by molar-refractivity contribution is 7.16. The van der Waals surface area contributed by atoms with E-state index in [1.807, 2.05) is 29.7 Å². The predicted molar refractivity (Wildman–Crippen MR) is 97.7 cm³/mol. The molecule has 0 saturated heterocycles. The highest BCUT2D eigenvalue weighted by Crippen LogP contribution is 2.19. The van der Waals surface area contributed by atoms with Crippen LogP contribution in [0, 0.1) is 17.0 Å². The number of carbonyl (C=O) groups is 1. The number of fused-ring (bicyclic) bond motifs is 1. The third kappa shape index (κ3) is 3.41. The van der Waals surface area contributed by atoms with E-state index in [-0.39, 0.29) is 11.3 Å². The van der Waals surface area contributed by atoms with Crippen molar-refractivity contribution in [1.29, 1.82) is 0 Å². The van der Waals surface area contributed by atoms with Gasteiger partial charge in [0.25, 0.3) is 11.6 Å². The van der Waals surface area contributed by atoms with Crippen molar-refractivity contribution in [3.05, 3.63) is 81.2 Å². The molecule has 0 fully saturated rings. The number of hydrogen-bond acceptors (Lipinski definition) is 4. The Kier molecular flexibility index (Phi) is 4.58. The molecule has 0 aliphatic rings. The molecule has 7 heteroatoms. The van der Waals surface area contributed by atoms with Gasteiger partial charge in [0.2, 0.25) is 0 Å². The Hall–Kier alpha value is -3.06. The fourth-order valence-electron chi connectivity index (χ4n) is 2.48. The fourth-order valence-corrected chi connectivity index (χ4v) is 3.61. The normalized spacial score (nSPS) is 11.6. The van der Waals surface area contributed by atoms with Crippen molar-refractivity contribution >= 4 is 33.1 Å². The Labute approximate surface area is 147 Å². The summed E-state index contributed by atoms with van der Waals surface area (Å²) in [5.74, 6) is -0.509. The molecule has 0 atom stereocenters. The molecule has 2 aromatic carbocycles. The van der Waals surface area contributed by atoms with E-state index in [1.165, 1.54) is 35.6 Å². The first-order valence-electron chi connectivity index (χ1n) is 7.54. The van der Waals surface area contributed by atoms with Gasteiger partial charge in [-0.15, -0.1) is 6.58 Å². The van der Waals surface area contributed by atoms with Crippen molar-refractivity contribution in [2.75, 3.05) is 0 Å². The quantitative estimate of drug-likeness (QED) is 0.406. The van der Waals surface area contributed by atoms with Crippen LogP contribution >= 0.6 is 11.3 Å². The number of allylic oxidation sites excluding steroid dienone is 1. The summed E-state index contributed by atoms with van der Waals surface area (Å²) < 4.78 is 2.93. The van der Waals surface area contributed by atoms with Crippen LogP contribution in [-0.2, 0) is 6.54 Å². The van der Waals surface area contributed by atoms with Gasteiger partial charge in [-0.3, -0.25) is 14.9 Å². The number of aromatic nitrogens is 1. The third-order valence-corrected chi connectivity index (χ3v) is 4.69. The summed E-state index contributed by atoms with van der Waals surface area (Å²) in [4.78, 5) is 27.5. The van der Waals surface area contributed by atoms with Crippen molar-refractivity contribution in [2.45, 2.75) is 13.5 Å². The van der Waals surface area contributed by atoms with Gasteiger partial charge in [-0.1, -0.05) is 29.5 Å². The summed E-state index contributed by atoms with van der Waals surface area (Å²) >= 11 is 1.41. The standard InChI is InChI=1S/C18H15N3O3S/c1-3-9-20-15-8-7-12(2)10-16(15)25-18(20)19-17(22)13-5-4-6-14(11-13)21(23)24/h3-8,10-11H,1,9H2,2H3. The van der Waals surface area contributed by atoms with Gasteiger partial charge in [-0.25, -0.2) is 0 Å². The summed E-state index contributed by atoms with van der Waals surface area (Å²) in [5.41, 5.74) is 2.15. The summed E-state index contributed by atoms with van der Waals surface area (Å²) in [6.45, 7) is 6.27. The lowest BCUT2D eigenvalue weighted by atomic mass is 10.2. The van der Waals surface area contributed by atoms with E-state index in [4.69, 9.17) is 0 Å². The fraction of sp³-hybridized carbons (Fsp3) is 0.111. The molecular weight excluding hydrogens is 338 g/mol. The lowest BCUT2D eigenvalue weighted by molar-refractivity contribution is -0.384. The van der Waals surface area contributed by atoms with Crippen molar-refractivity contribution in [1.82, 2.24) is 4.57 Å². The summed E-state index contributed by atoms with van der Waals surface area (Å²) in [5, 5.41) is 10.9. The minimum atomic E-state index is -0.531. The first kappa shape index (κ1) is 16.8. The van der Waals surface area contributed by atoms with Gasteiger partial charge in [0.1, 0.15) is 0 Å². The second kappa shape index (κ2) is 6.82. The number of thiazole rings is 1. The van der Waals surface area contributed by atoms with Crippen LogP contribution in [0.3, 0.4) is 0 Å². The smallest absolute Gasteiger partial charge is 0.279 e. The van der Waals surface area contributed by atoms with E-state index < -0.39 is 10.8 Å². The first-order valence-corrected chi connectivity index (χ1v) is 8.35. The second-order valence-corrected chi connectivity index (χ2v) is 6.49. The van der Waals surface area contributed by atoms with Crippen LogP contribution in [0.1, 0.15) is 15.9 Å². The molecule has 0 bridgehead atoms. The van der Waals surface area contributed by atoms with Crippen LogP contribution in [0.5, 0.6) is 0 Å². The van der Waals surface area contributed by atoms with Gasteiger partial charge in [-0.05, 0) is 30.7 Å². The largest absolute Gasteiger partial charge is 0.312 e. The van der Waals surface area contributed by atoms with Gasteiger partial charge in [0.05, 0.1) is 15.1 Å². The molecule has 0 unspecified atom stereocenters. The number of aryl methyl sites for hydroxylation is 1. The minimum Gasteiger partial charge on any atom is -0.312 e. The van der Waals surface area contributed by atoms with Crippen LogP contribution in [0.2, 0.25) is 0 Å². The van der Waals surface area contributed by atoms with Crippen molar-refractivity contribution in [3.63, 3.8) is 0 Å². The zero-order chi connectivity index (χ0) is 18.0. The van der Waals surface area contributed by atoms with E-state index in [1.54, 1.807) is 6.08 Å². The number of nitro benzene ring substituents is 1. The number of amides is 1. The predicted octanol–water partition coefficient (Wildman–Crippen LogP) is 3.85. The Morgan fingerprint density at radius 3 is 2.88 bits per heavy atom. The molecule has 0 N–H and O–H groups in total. The Balaban J connectivity index is 2.12. The summed E-state index contributed by atoms with van der Waals surface area (Å²) in [6.07, 6.45) is 1.74. The average molecular weight is 353 g/mol. The van der Waals surface area contributed by atoms with E-state index in [0.29, 0.717) is 11.3 Å². The molecule has 126 valence electrons. The molecule has 0 spiro atoms. The van der Waals surface area contributed by atoms with E-state index in [2.05, 4.69) is 11.6 Å². The molecule has 0 aliphatic heterocycles. The second-order valence-electron chi connectivity index (χ2n) is 5.48. The van der Waals surface area contributed by atoms with Crippen molar-refractivity contribution in [3.8, 4) is 0 Å². The van der Waals surface area contributed by atoms with E-state index in [9.17, 15) is 14.9 Å². The maximum atomic E-state index is 12.5. The molecule has 1 heterocycles. The molecular formula is C18H15N3O3S. The zero-order valence-corrected chi connectivity index (χ0v) is 14.3. The number of carbonyl (C=O) groups excluding carboxylic acids is 1. The lowest BCUT2D eigenvalue weighted by Crippen LogP contribution is -2.16. The summed E-state index contributed by atoms with van der Waals surface area (Å²) in [6, 6.07) is 11.6. The molecule has 0 aliphatic carbocycles. The number of rotatable bonds is 4. The van der Waals surface area contributed by atoms with Gasteiger partial charge in [0, 0.05) is 24.2 Å². The Bertz CT molecular complexity index is 1060. The van der Waals surface area contributed by atoms with Crippen LogP contribution in [-0.4, -0.2) is 15.4 Å². The minimum absolute atomic E-state index is 0.132. The van der Waals surface area contributed by atoms with Gasteiger partial charge < -0.3 is 4.57 Å². The average Bonchev–Trinajstić information content (AvgIpc) is 2.91. The number of benzene rings is 2. The lowest BCUT2D eigenvalue weighted by Gasteiger charge is -2.01. The topological polar surface area (TPSA) is 77.5 Å². The maximum absolute atomic E-state index is 12.5. The molecule has 0 radical (unpaired) electrons. The van der Waals surface area contributed by atoms with Gasteiger partial charge in [-0.2, -0.15) is 4.99 Å². The number of nitrogens with zero attached hydrogens (tertiary/aromatic N) is 3.